The molecule has 0 spiro atoms. The maximum absolute atomic E-state index is 11.1. The minimum Gasteiger partial charge on any atom is -0.469 e. The van der Waals surface area contributed by atoms with Crippen molar-refractivity contribution in [2.75, 3.05) is 7.11 Å². The molecule has 0 aliphatic rings. The number of allylic oxidation sites excluding steroid dienone is 4. The topological polar surface area (TPSA) is 26.3 Å². The van der Waals surface area contributed by atoms with Gasteiger partial charge in [-0.05, 0) is 52.4 Å². The zero-order valence-electron chi connectivity index (χ0n) is 12.6. The van der Waals surface area contributed by atoms with Gasteiger partial charge < -0.3 is 4.74 Å². The average Bonchev–Trinajstić information content (AvgIpc) is 2.28. The van der Waals surface area contributed by atoms with Crippen molar-refractivity contribution in [1.29, 1.82) is 0 Å². The largest absolute Gasteiger partial charge is 0.469 e. The molecule has 0 saturated heterocycles. The molecule has 0 aromatic rings. The fourth-order valence-corrected chi connectivity index (χ4v) is 1.77. The van der Waals surface area contributed by atoms with E-state index in [1.54, 1.807) is 0 Å². The summed E-state index contributed by atoms with van der Waals surface area (Å²) in [6, 6.07) is 0. The van der Waals surface area contributed by atoms with Crippen LogP contribution in [0.1, 0.15) is 59.8 Å². The molecule has 0 unspecified atom stereocenters. The van der Waals surface area contributed by atoms with E-state index in [1.165, 1.54) is 18.3 Å². The van der Waals surface area contributed by atoms with Gasteiger partial charge in [0.2, 0.25) is 0 Å². The van der Waals surface area contributed by atoms with Crippen LogP contribution in [0.5, 0.6) is 0 Å². The van der Waals surface area contributed by atoms with Gasteiger partial charge in [0, 0.05) is 6.42 Å². The molecule has 0 rings (SSSR count). The van der Waals surface area contributed by atoms with Crippen molar-refractivity contribution in [3.63, 3.8) is 0 Å². The van der Waals surface area contributed by atoms with E-state index in [0.717, 1.165) is 25.7 Å². The van der Waals surface area contributed by atoms with Crippen LogP contribution in [0.4, 0.5) is 0 Å². The number of rotatable bonds is 8. The third kappa shape index (κ3) is 10.1. The van der Waals surface area contributed by atoms with Crippen LogP contribution in [-0.2, 0) is 9.53 Å². The van der Waals surface area contributed by atoms with Crippen molar-refractivity contribution < 1.29 is 9.53 Å². The summed E-state index contributed by atoms with van der Waals surface area (Å²) in [7, 11) is 1.45. The maximum Gasteiger partial charge on any atom is 0.305 e. The zero-order chi connectivity index (χ0) is 14.0. The Hall–Kier alpha value is -1.05. The average molecular weight is 252 g/mol. The molecule has 2 nitrogen and oxygen atoms in total. The first kappa shape index (κ1) is 16.9. The lowest BCUT2D eigenvalue weighted by Gasteiger charge is -2.08. The first-order valence-electron chi connectivity index (χ1n) is 6.81. The Balaban J connectivity index is 3.79. The molecule has 0 fully saturated rings. The first-order chi connectivity index (χ1) is 8.45. The Labute approximate surface area is 112 Å². The van der Waals surface area contributed by atoms with Gasteiger partial charge in [-0.1, -0.05) is 30.2 Å². The third-order valence-electron chi connectivity index (χ3n) is 2.99. The Morgan fingerprint density at radius 2 is 1.83 bits per heavy atom. The van der Waals surface area contributed by atoms with E-state index < -0.39 is 0 Å². The summed E-state index contributed by atoms with van der Waals surface area (Å²) in [6.07, 6.45) is 9.47. The van der Waals surface area contributed by atoms with E-state index in [1.807, 2.05) is 0 Å². The zero-order valence-corrected chi connectivity index (χ0v) is 12.6. The number of hydrogen-bond donors (Lipinski definition) is 0. The van der Waals surface area contributed by atoms with Gasteiger partial charge in [0.25, 0.3) is 0 Å². The number of methoxy groups -OCH3 is 1. The highest BCUT2D eigenvalue weighted by molar-refractivity contribution is 5.69. The molecule has 0 aromatic carbocycles. The number of esters is 1. The second-order valence-corrected chi connectivity index (χ2v) is 5.33. The summed E-state index contributed by atoms with van der Waals surface area (Å²) in [4.78, 5) is 11.1. The van der Waals surface area contributed by atoms with Crippen LogP contribution in [0, 0.1) is 5.92 Å². The van der Waals surface area contributed by atoms with Crippen molar-refractivity contribution in [1.82, 2.24) is 0 Å². The molecule has 0 aromatic heterocycles. The number of carbonyl (C=O) groups is 1. The fraction of sp³-hybridized carbons (Fsp3) is 0.688. The third-order valence-corrected chi connectivity index (χ3v) is 2.99. The highest BCUT2D eigenvalue weighted by Gasteiger charge is 2.07. The summed E-state index contributed by atoms with van der Waals surface area (Å²) in [6.45, 7) is 8.55. The molecule has 0 aliphatic carbocycles. The summed E-state index contributed by atoms with van der Waals surface area (Å²) >= 11 is 0. The molecular formula is C16H28O2. The molecule has 104 valence electrons. The standard InChI is InChI=1S/C16H28O2/c1-13(2)8-6-9-14(3)10-7-11-15(4)12-16(17)18-5/h8,10,15H,6-7,9,11-12H2,1-5H3/b14-10+/t15-/m0/s1. The normalized spacial score (nSPS) is 13.1. The Morgan fingerprint density at radius 1 is 1.17 bits per heavy atom. The van der Waals surface area contributed by atoms with Crippen molar-refractivity contribution in [2.24, 2.45) is 5.92 Å². The molecule has 0 N–H and O–H groups in total. The monoisotopic (exact) mass is 252 g/mol. The summed E-state index contributed by atoms with van der Waals surface area (Å²) in [5.74, 6) is 0.297. The van der Waals surface area contributed by atoms with E-state index in [4.69, 9.17) is 0 Å². The number of ether oxygens (including phenoxy) is 1. The van der Waals surface area contributed by atoms with Crippen LogP contribution < -0.4 is 0 Å². The van der Waals surface area contributed by atoms with Crippen LogP contribution in [0.25, 0.3) is 0 Å². The Morgan fingerprint density at radius 3 is 2.39 bits per heavy atom. The van der Waals surface area contributed by atoms with Gasteiger partial charge in [0.15, 0.2) is 0 Å². The molecule has 0 aliphatic heterocycles. The Kier molecular flexibility index (Phi) is 9.35. The number of carbonyl (C=O) groups excluding carboxylic acids is 1. The van der Waals surface area contributed by atoms with E-state index in [9.17, 15) is 4.79 Å². The minimum absolute atomic E-state index is 0.105. The van der Waals surface area contributed by atoms with Gasteiger partial charge in [0.1, 0.15) is 0 Å². The highest BCUT2D eigenvalue weighted by Crippen LogP contribution is 2.14. The van der Waals surface area contributed by atoms with Crippen molar-refractivity contribution in [3.8, 4) is 0 Å². The molecule has 0 saturated carbocycles. The van der Waals surface area contributed by atoms with Gasteiger partial charge in [0.05, 0.1) is 7.11 Å². The fourth-order valence-electron chi connectivity index (χ4n) is 1.77. The first-order valence-corrected chi connectivity index (χ1v) is 6.81. The highest BCUT2D eigenvalue weighted by atomic mass is 16.5. The maximum atomic E-state index is 11.1. The van der Waals surface area contributed by atoms with E-state index in [-0.39, 0.29) is 5.97 Å². The lowest BCUT2D eigenvalue weighted by atomic mass is 10.00. The smallest absolute Gasteiger partial charge is 0.305 e. The summed E-state index contributed by atoms with van der Waals surface area (Å²) in [5, 5.41) is 0. The van der Waals surface area contributed by atoms with E-state index in [2.05, 4.69) is 44.6 Å². The van der Waals surface area contributed by atoms with Gasteiger partial charge >= 0.3 is 5.97 Å². The Bertz CT molecular complexity index is 296. The lowest BCUT2D eigenvalue weighted by Crippen LogP contribution is -2.06. The van der Waals surface area contributed by atoms with Crippen molar-refractivity contribution >= 4 is 5.97 Å². The SMILES string of the molecule is COC(=O)C[C@@H](C)CC/C=C(\C)CCC=C(C)C. The summed E-state index contributed by atoms with van der Waals surface area (Å²) in [5.41, 5.74) is 2.83. The minimum atomic E-state index is -0.105. The molecule has 0 radical (unpaired) electrons. The quantitative estimate of drug-likeness (QED) is 0.464. The van der Waals surface area contributed by atoms with E-state index in [0.29, 0.717) is 12.3 Å². The molecular weight excluding hydrogens is 224 g/mol. The van der Waals surface area contributed by atoms with Crippen LogP contribution >= 0.6 is 0 Å². The molecule has 1 atom stereocenters. The lowest BCUT2D eigenvalue weighted by molar-refractivity contribution is -0.141. The molecule has 2 heteroatoms. The number of hydrogen-bond acceptors (Lipinski definition) is 2. The van der Waals surface area contributed by atoms with Gasteiger partial charge in [-0.2, -0.15) is 0 Å². The van der Waals surface area contributed by atoms with Gasteiger partial charge in [-0.15, -0.1) is 0 Å². The van der Waals surface area contributed by atoms with Crippen molar-refractivity contribution in [2.45, 2.75) is 59.8 Å². The predicted octanol–water partition coefficient (Wildman–Crippen LogP) is 4.66. The van der Waals surface area contributed by atoms with E-state index >= 15 is 0 Å². The van der Waals surface area contributed by atoms with Gasteiger partial charge in [-0.25, -0.2) is 0 Å². The van der Waals surface area contributed by atoms with Crippen LogP contribution in [-0.4, -0.2) is 13.1 Å². The molecule has 0 heterocycles. The molecule has 0 bridgehead atoms. The van der Waals surface area contributed by atoms with Crippen LogP contribution in [0.2, 0.25) is 0 Å². The van der Waals surface area contributed by atoms with Gasteiger partial charge in [-0.3, -0.25) is 4.79 Å². The van der Waals surface area contributed by atoms with Crippen molar-refractivity contribution in [3.05, 3.63) is 23.3 Å². The van der Waals surface area contributed by atoms with Crippen LogP contribution in [0.15, 0.2) is 23.3 Å². The molecule has 18 heavy (non-hydrogen) atoms. The summed E-state index contributed by atoms with van der Waals surface area (Å²) < 4.78 is 4.66. The predicted molar refractivity (Wildman–Crippen MR) is 77.5 cm³/mol. The van der Waals surface area contributed by atoms with Crippen LogP contribution in [0.3, 0.4) is 0 Å². The molecule has 0 amide bonds. The second kappa shape index (κ2) is 9.93. The second-order valence-electron chi connectivity index (χ2n) is 5.33.